The molecule has 0 aliphatic carbocycles. The number of nitrogens with one attached hydrogen (secondary N) is 1. The zero-order valence-electron chi connectivity index (χ0n) is 11.2. The van der Waals surface area contributed by atoms with Gasteiger partial charge in [0.05, 0.1) is 5.52 Å². The summed E-state index contributed by atoms with van der Waals surface area (Å²) >= 11 is 0. The minimum absolute atomic E-state index is 0.255. The van der Waals surface area contributed by atoms with Crippen LogP contribution in [0.2, 0.25) is 0 Å². The molecule has 0 spiro atoms. The summed E-state index contributed by atoms with van der Waals surface area (Å²) in [7, 11) is 1.69. The van der Waals surface area contributed by atoms with Crippen LogP contribution in [0.15, 0.2) is 42.7 Å². The maximum absolute atomic E-state index is 12.4. The fraction of sp³-hybridized carbons (Fsp3) is 0.0667. The largest absolute Gasteiger partial charge is 0.304 e. The molecular formula is C15H11N5O. The molecule has 2 heterocycles. The van der Waals surface area contributed by atoms with E-state index in [0.29, 0.717) is 11.1 Å². The molecular weight excluding hydrogens is 266 g/mol. The molecule has 0 saturated heterocycles. The minimum atomic E-state index is -0.316. The van der Waals surface area contributed by atoms with Gasteiger partial charge in [0.25, 0.3) is 5.91 Å². The Kier molecular flexibility index (Phi) is 3.09. The van der Waals surface area contributed by atoms with Crippen LogP contribution in [-0.2, 0) is 7.05 Å². The number of anilines is 1. The number of amides is 1. The van der Waals surface area contributed by atoms with Crippen LogP contribution >= 0.6 is 0 Å². The highest BCUT2D eigenvalue weighted by Crippen LogP contribution is 2.19. The fourth-order valence-electron chi connectivity index (χ4n) is 2.14. The predicted octanol–water partition coefficient (Wildman–Crippen LogP) is 2.09. The van der Waals surface area contributed by atoms with Crippen molar-refractivity contribution in [2.24, 2.45) is 7.05 Å². The normalized spacial score (nSPS) is 10.3. The number of aromatic nitrogens is 3. The number of fused-ring (bicyclic) bond motifs is 1. The van der Waals surface area contributed by atoms with Gasteiger partial charge in [0.2, 0.25) is 0 Å². The van der Waals surface area contributed by atoms with Gasteiger partial charge in [0, 0.05) is 30.4 Å². The summed E-state index contributed by atoms with van der Waals surface area (Å²) < 4.78 is 1.48. The summed E-state index contributed by atoms with van der Waals surface area (Å²) in [6.07, 6.45) is 3.23. The smallest absolute Gasteiger partial charge is 0.257 e. The number of pyridine rings is 1. The van der Waals surface area contributed by atoms with Crippen molar-refractivity contribution in [2.45, 2.75) is 0 Å². The van der Waals surface area contributed by atoms with Crippen molar-refractivity contribution in [1.29, 1.82) is 5.26 Å². The lowest BCUT2D eigenvalue weighted by Gasteiger charge is -2.06. The molecule has 1 aromatic carbocycles. The molecule has 0 saturated carbocycles. The molecule has 0 atom stereocenters. The van der Waals surface area contributed by atoms with Gasteiger partial charge in [0.1, 0.15) is 11.6 Å². The predicted molar refractivity (Wildman–Crippen MR) is 77.6 cm³/mol. The van der Waals surface area contributed by atoms with Crippen molar-refractivity contribution in [2.75, 3.05) is 5.32 Å². The molecule has 0 unspecified atom stereocenters. The maximum atomic E-state index is 12.4. The monoisotopic (exact) mass is 277 g/mol. The Morgan fingerprint density at radius 2 is 2.19 bits per heavy atom. The first-order chi connectivity index (χ1) is 10.2. The number of benzene rings is 1. The Hall–Kier alpha value is -3.20. The van der Waals surface area contributed by atoms with Crippen LogP contribution in [0, 0.1) is 11.3 Å². The van der Waals surface area contributed by atoms with E-state index in [1.54, 1.807) is 37.6 Å². The van der Waals surface area contributed by atoms with Crippen molar-refractivity contribution in [3.05, 3.63) is 53.9 Å². The van der Waals surface area contributed by atoms with Crippen molar-refractivity contribution in [1.82, 2.24) is 14.8 Å². The van der Waals surface area contributed by atoms with Gasteiger partial charge in [-0.2, -0.15) is 10.4 Å². The second-order valence-electron chi connectivity index (χ2n) is 4.51. The Morgan fingerprint density at radius 1 is 1.33 bits per heavy atom. The maximum Gasteiger partial charge on any atom is 0.257 e. The molecule has 6 heteroatoms. The number of carbonyl (C=O) groups excluding carboxylic acids is 1. The van der Waals surface area contributed by atoms with Crippen LogP contribution < -0.4 is 5.32 Å². The third-order valence-electron chi connectivity index (χ3n) is 3.07. The quantitative estimate of drug-likeness (QED) is 0.777. The molecule has 1 N–H and O–H groups in total. The van der Waals surface area contributed by atoms with Gasteiger partial charge in [0.15, 0.2) is 5.82 Å². The first-order valence-electron chi connectivity index (χ1n) is 6.28. The van der Waals surface area contributed by atoms with E-state index in [0.717, 1.165) is 10.9 Å². The SMILES string of the molecule is Cn1cc(C#N)c(NC(=O)c2cccc3ncccc23)n1. The Morgan fingerprint density at radius 3 is 3.00 bits per heavy atom. The summed E-state index contributed by atoms with van der Waals surface area (Å²) in [5.41, 5.74) is 1.56. The van der Waals surface area contributed by atoms with E-state index in [4.69, 9.17) is 5.26 Å². The van der Waals surface area contributed by atoms with Gasteiger partial charge >= 0.3 is 0 Å². The van der Waals surface area contributed by atoms with E-state index < -0.39 is 0 Å². The summed E-state index contributed by atoms with van der Waals surface area (Å²) in [6, 6.07) is 10.9. The van der Waals surface area contributed by atoms with E-state index in [1.807, 2.05) is 18.2 Å². The zero-order valence-corrected chi connectivity index (χ0v) is 11.2. The Labute approximate surface area is 120 Å². The molecule has 21 heavy (non-hydrogen) atoms. The number of carbonyl (C=O) groups is 1. The van der Waals surface area contributed by atoms with Crippen molar-refractivity contribution in [3.8, 4) is 6.07 Å². The molecule has 1 amide bonds. The lowest BCUT2D eigenvalue weighted by Crippen LogP contribution is -2.13. The average molecular weight is 277 g/mol. The van der Waals surface area contributed by atoms with Gasteiger partial charge in [-0.05, 0) is 18.2 Å². The summed E-state index contributed by atoms with van der Waals surface area (Å²) in [5.74, 6) is -0.0605. The highest BCUT2D eigenvalue weighted by atomic mass is 16.1. The summed E-state index contributed by atoms with van der Waals surface area (Å²) in [6.45, 7) is 0. The fourth-order valence-corrected chi connectivity index (χ4v) is 2.14. The van der Waals surface area contributed by atoms with Gasteiger partial charge in [-0.15, -0.1) is 0 Å². The highest BCUT2D eigenvalue weighted by molar-refractivity contribution is 6.12. The molecule has 6 nitrogen and oxygen atoms in total. The van der Waals surface area contributed by atoms with Crippen LogP contribution in [0.25, 0.3) is 10.9 Å². The molecule has 102 valence electrons. The third-order valence-corrected chi connectivity index (χ3v) is 3.07. The van der Waals surface area contributed by atoms with E-state index in [1.165, 1.54) is 4.68 Å². The standard InChI is InChI=1S/C15H11N5O/c1-20-9-10(8-16)14(19-20)18-15(21)12-4-2-6-13-11(12)5-3-7-17-13/h2-7,9H,1H3,(H,18,19,21). The zero-order chi connectivity index (χ0) is 14.8. The van der Waals surface area contributed by atoms with E-state index in [9.17, 15) is 4.79 Å². The Balaban J connectivity index is 2.00. The summed E-state index contributed by atoms with van der Waals surface area (Å²) in [4.78, 5) is 16.6. The van der Waals surface area contributed by atoms with E-state index >= 15 is 0 Å². The van der Waals surface area contributed by atoms with E-state index in [2.05, 4.69) is 15.4 Å². The topological polar surface area (TPSA) is 83.6 Å². The Bertz CT molecular complexity index is 870. The number of hydrogen-bond donors (Lipinski definition) is 1. The third kappa shape index (κ3) is 2.32. The molecule has 0 aliphatic heterocycles. The molecule has 0 radical (unpaired) electrons. The van der Waals surface area contributed by atoms with Crippen molar-refractivity contribution >= 4 is 22.6 Å². The number of nitriles is 1. The van der Waals surface area contributed by atoms with E-state index in [-0.39, 0.29) is 11.7 Å². The molecule has 0 fully saturated rings. The number of hydrogen-bond acceptors (Lipinski definition) is 4. The lowest BCUT2D eigenvalue weighted by atomic mass is 10.1. The van der Waals surface area contributed by atoms with Crippen LogP contribution in [0.3, 0.4) is 0 Å². The average Bonchev–Trinajstić information content (AvgIpc) is 2.86. The molecule has 2 aromatic heterocycles. The van der Waals surface area contributed by atoms with Crippen LogP contribution in [0.1, 0.15) is 15.9 Å². The van der Waals surface area contributed by atoms with Crippen LogP contribution in [0.5, 0.6) is 0 Å². The second-order valence-corrected chi connectivity index (χ2v) is 4.51. The number of aryl methyl sites for hydroxylation is 1. The minimum Gasteiger partial charge on any atom is -0.304 e. The van der Waals surface area contributed by atoms with Gasteiger partial charge in [-0.3, -0.25) is 14.5 Å². The van der Waals surface area contributed by atoms with Crippen molar-refractivity contribution in [3.63, 3.8) is 0 Å². The molecule has 3 aromatic rings. The van der Waals surface area contributed by atoms with Crippen LogP contribution in [-0.4, -0.2) is 20.7 Å². The van der Waals surface area contributed by atoms with Crippen molar-refractivity contribution < 1.29 is 4.79 Å². The second kappa shape index (κ2) is 5.06. The van der Waals surface area contributed by atoms with Gasteiger partial charge < -0.3 is 5.32 Å². The molecule has 0 aliphatic rings. The lowest BCUT2D eigenvalue weighted by molar-refractivity contribution is 0.102. The molecule has 0 bridgehead atoms. The van der Waals surface area contributed by atoms with Gasteiger partial charge in [-0.1, -0.05) is 12.1 Å². The highest BCUT2D eigenvalue weighted by Gasteiger charge is 2.14. The van der Waals surface area contributed by atoms with Gasteiger partial charge in [-0.25, -0.2) is 0 Å². The number of rotatable bonds is 2. The summed E-state index contributed by atoms with van der Waals surface area (Å²) in [5, 5.41) is 16.5. The first-order valence-corrected chi connectivity index (χ1v) is 6.28. The molecule has 3 rings (SSSR count). The first kappa shape index (κ1) is 12.8. The number of nitrogens with zero attached hydrogens (tertiary/aromatic N) is 4. The van der Waals surface area contributed by atoms with Crippen LogP contribution in [0.4, 0.5) is 5.82 Å².